The van der Waals surface area contributed by atoms with Gasteiger partial charge in [0.1, 0.15) is 6.61 Å². The quantitative estimate of drug-likeness (QED) is 0.423. The van der Waals surface area contributed by atoms with Crippen molar-refractivity contribution in [3.63, 3.8) is 0 Å². The molecule has 28 heavy (non-hydrogen) atoms. The van der Waals surface area contributed by atoms with Crippen LogP contribution in [0.3, 0.4) is 0 Å². The molecule has 1 aromatic rings. The van der Waals surface area contributed by atoms with Gasteiger partial charge in [0.25, 0.3) is 0 Å². The van der Waals surface area contributed by atoms with Crippen LogP contribution in [0.1, 0.15) is 76.1 Å². The third kappa shape index (κ3) is 4.61. The molecule has 0 amide bonds. The molecule has 1 aromatic carbocycles. The molecule has 6 nitrogen and oxygen atoms in total. The monoisotopic (exact) mass is 384 g/mol. The molecule has 6 heteroatoms. The molecule has 0 aliphatic carbocycles. The van der Waals surface area contributed by atoms with Gasteiger partial charge in [0, 0.05) is 24.8 Å². The second kappa shape index (κ2) is 9.23. The van der Waals surface area contributed by atoms with E-state index in [0.717, 1.165) is 16.7 Å². The van der Waals surface area contributed by atoms with Crippen LogP contribution in [-0.2, 0) is 29.0 Å². The molecule has 0 saturated heterocycles. The summed E-state index contributed by atoms with van der Waals surface area (Å²) in [6, 6.07) is 0. The molecule has 1 aliphatic heterocycles. The highest BCUT2D eigenvalue weighted by Crippen LogP contribution is 2.34. The molecule has 0 bridgehead atoms. The number of carbonyl (C=O) groups is 3. The van der Waals surface area contributed by atoms with Gasteiger partial charge in [-0.05, 0) is 43.4 Å². The van der Waals surface area contributed by atoms with E-state index in [1.807, 2.05) is 26.8 Å². The van der Waals surface area contributed by atoms with Crippen LogP contribution in [0.4, 0.5) is 0 Å². The van der Waals surface area contributed by atoms with Crippen molar-refractivity contribution >= 4 is 17.9 Å². The summed E-state index contributed by atoms with van der Waals surface area (Å²) in [5, 5.41) is 18.7. The molecular weight excluding hydrogens is 360 g/mol. The van der Waals surface area contributed by atoms with Gasteiger partial charge >= 0.3 is 17.9 Å². The first kappa shape index (κ1) is 21.2. The van der Waals surface area contributed by atoms with Crippen LogP contribution in [0.2, 0.25) is 0 Å². The Bertz CT molecular complexity index is 911. The lowest BCUT2D eigenvalue weighted by atomic mass is 9.85. The first-order chi connectivity index (χ1) is 13.3. The molecule has 1 heterocycles. The highest BCUT2D eigenvalue weighted by molar-refractivity contribution is 6.06. The number of carbonyl (C=O) groups excluding carboxylic acids is 1. The standard InChI is InChI=1S/C22H24O6/c1-4-5-6-7-15-14(3)17-12-28-22(27)20(17)19(21(25)26)16(15)10-8-13(2)9-11-18(23)24/h8H,4,7,9-12H2,1-3H3,(H,23,24)(H,25,26). The maximum absolute atomic E-state index is 12.2. The minimum absolute atomic E-state index is 0.0124. The number of fused-ring (bicyclic) bond motifs is 1. The molecule has 2 N–H and O–H groups in total. The van der Waals surface area contributed by atoms with Crippen LogP contribution in [0.25, 0.3) is 0 Å². The van der Waals surface area contributed by atoms with E-state index in [4.69, 9.17) is 9.84 Å². The molecule has 0 spiro atoms. The summed E-state index contributed by atoms with van der Waals surface area (Å²) < 4.78 is 5.10. The lowest BCUT2D eigenvalue weighted by Gasteiger charge is -2.17. The Hall–Kier alpha value is -3.07. The third-order valence-corrected chi connectivity index (χ3v) is 4.84. The summed E-state index contributed by atoms with van der Waals surface area (Å²) in [6.07, 6.45) is 3.60. The Morgan fingerprint density at radius 1 is 1.18 bits per heavy atom. The van der Waals surface area contributed by atoms with Gasteiger partial charge in [0.15, 0.2) is 0 Å². The van der Waals surface area contributed by atoms with Crippen LogP contribution in [0.15, 0.2) is 11.6 Å². The van der Waals surface area contributed by atoms with Crippen LogP contribution in [-0.4, -0.2) is 28.1 Å². The second-order valence-corrected chi connectivity index (χ2v) is 6.72. The van der Waals surface area contributed by atoms with E-state index in [0.29, 0.717) is 30.4 Å². The number of carboxylic acid groups (broad SMARTS) is 2. The summed E-state index contributed by atoms with van der Waals surface area (Å²) in [7, 11) is 0. The molecule has 0 saturated carbocycles. The van der Waals surface area contributed by atoms with Gasteiger partial charge in [-0.3, -0.25) is 4.79 Å². The van der Waals surface area contributed by atoms with Crippen molar-refractivity contribution in [2.45, 2.75) is 59.5 Å². The fourth-order valence-corrected chi connectivity index (χ4v) is 3.32. The van der Waals surface area contributed by atoms with Gasteiger partial charge in [-0.1, -0.05) is 24.5 Å². The van der Waals surface area contributed by atoms with Crippen molar-refractivity contribution < 1.29 is 29.3 Å². The summed E-state index contributed by atoms with van der Waals surface area (Å²) >= 11 is 0. The van der Waals surface area contributed by atoms with Gasteiger partial charge in [0.05, 0.1) is 11.1 Å². The van der Waals surface area contributed by atoms with Gasteiger partial charge in [-0.2, -0.15) is 0 Å². The fourth-order valence-electron chi connectivity index (χ4n) is 3.32. The van der Waals surface area contributed by atoms with Gasteiger partial charge < -0.3 is 14.9 Å². The zero-order valence-corrected chi connectivity index (χ0v) is 16.3. The number of allylic oxidation sites excluding steroid dienone is 2. The molecule has 0 aromatic heterocycles. The van der Waals surface area contributed by atoms with Crippen molar-refractivity contribution in [3.05, 3.63) is 45.0 Å². The Balaban J connectivity index is 2.59. The average molecular weight is 384 g/mol. The van der Waals surface area contributed by atoms with Crippen LogP contribution >= 0.6 is 0 Å². The minimum Gasteiger partial charge on any atom is -0.481 e. The number of esters is 1. The number of hydrogen-bond acceptors (Lipinski definition) is 4. The van der Waals surface area contributed by atoms with E-state index in [-0.39, 0.29) is 30.6 Å². The second-order valence-electron chi connectivity index (χ2n) is 6.72. The first-order valence-electron chi connectivity index (χ1n) is 9.18. The predicted octanol–water partition coefficient (Wildman–Crippen LogP) is 3.67. The van der Waals surface area contributed by atoms with Crippen LogP contribution < -0.4 is 0 Å². The van der Waals surface area contributed by atoms with E-state index < -0.39 is 17.9 Å². The Labute approximate surface area is 164 Å². The number of cyclic esters (lactones) is 1. The molecule has 0 fully saturated rings. The Morgan fingerprint density at radius 2 is 1.89 bits per heavy atom. The van der Waals surface area contributed by atoms with Crippen molar-refractivity contribution in [2.75, 3.05) is 0 Å². The Morgan fingerprint density at radius 3 is 2.50 bits per heavy atom. The largest absolute Gasteiger partial charge is 0.481 e. The lowest BCUT2D eigenvalue weighted by molar-refractivity contribution is -0.136. The molecule has 2 rings (SSSR count). The van der Waals surface area contributed by atoms with E-state index in [2.05, 4.69) is 11.8 Å². The van der Waals surface area contributed by atoms with Crippen LogP contribution in [0.5, 0.6) is 0 Å². The average Bonchev–Trinajstić information content (AvgIpc) is 3.01. The van der Waals surface area contributed by atoms with E-state index in [1.54, 1.807) is 0 Å². The maximum Gasteiger partial charge on any atom is 0.339 e. The smallest absolute Gasteiger partial charge is 0.339 e. The van der Waals surface area contributed by atoms with Gasteiger partial charge in [-0.15, -0.1) is 5.92 Å². The van der Waals surface area contributed by atoms with Crippen molar-refractivity contribution in [2.24, 2.45) is 0 Å². The van der Waals surface area contributed by atoms with Crippen molar-refractivity contribution in [1.82, 2.24) is 0 Å². The molecule has 0 radical (unpaired) electrons. The van der Waals surface area contributed by atoms with Crippen molar-refractivity contribution in [1.29, 1.82) is 0 Å². The maximum atomic E-state index is 12.2. The highest BCUT2D eigenvalue weighted by Gasteiger charge is 2.33. The third-order valence-electron chi connectivity index (χ3n) is 4.84. The van der Waals surface area contributed by atoms with Crippen molar-refractivity contribution in [3.8, 4) is 11.8 Å². The number of carboxylic acids is 2. The highest BCUT2D eigenvalue weighted by atomic mass is 16.5. The zero-order chi connectivity index (χ0) is 20.8. The topological polar surface area (TPSA) is 101 Å². The van der Waals surface area contributed by atoms with E-state index in [1.165, 1.54) is 0 Å². The molecule has 0 atom stereocenters. The van der Waals surface area contributed by atoms with Gasteiger partial charge in [0.2, 0.25) is 0 Å². The molecular formula is C22H24O6. The normalized spacial score (nSPS) is 12.8. The summed E-state index contributed by atoms with van der Waals surface area (Å²) in [5.74, 6) is 3.38. The molecule has 148 valence electrons. The SMILES string of the molecule is CCC#CCc1c(C)c2c(c(C(=O)O)c1CC=C(C)CCC(=O)O)C(=O)OC2. The minimum atomic E-state index is -1.17. The number of aliphatic carboxylic acids is 1. The summed E-state index contributed by atoms with van der Waals surface area (Å²) in [6.45, 7) is 5.68. The Kier molecular flexibility index (Phi) is 7.00. The first-order valence-corrected chi connectivity index (χ1v) is 9.18. The molecule has 1 aliphatic rings. The zero-order valence-electron chi connectivity index (χ0n) is 16.3. The number of hydrogen-bond donors (Lipinski definition) is 2. The number of aromatic carboxylic acids is 1. The lowest BCUT2D eigenvalue weighted by Crippen LogP contribution is -2.15. The summed E-state index contributed by atoms with van der Waals surface area (Å²) in [5.41, 5.74) is 3.75. The number of rotatable bonds is 7. The number of benzene rings is 1. The summed E-state index contributed by atoms with van der Waals surface area (Å²) in [4.78, 5) is 35.0. The van der Waals surface area contributed by atoms with Gasteiger partial charge in [-0.25, -0.2) is 9.59 Å². The molecule has 0 unspecified atom stereocenters. The van der Waals surface area contributed by atoms with E-state index >= 15 is 0 Å². The fraction of sp³-hybridized carbons (Fsp3) is 0.409. The van der Waals surface area contributed by atoms with Crippen LogP contribution in [0, 0.1) is 18.8 Å². The number of ether oxygens (including phenoxy) is 1. The predicted molar refractivity (Wildman–Crippen MR) is 103 cm³/mol. The van der Waals surface area contributed by atoms with E-state index in [9.17, 15) is 19.5 Å².